The highest BCUT2D eigenvalue weighted by atomic mass is 35.5. The minimum absolute atomic E-state index is 0.121. The predicted octanol–water partition coefficient (Wildman–Crippen LogP) is 6.93. The number of carbonyl (C=O) groups is 1. The summed E-state index contributed by atoms with van der Waals surface area (Å²) in [6.45, 7) is 5.29. The van der Waals surface area contributed by atoms with Crippen molar-refractivity contribution < 1.29 is 14.3 Å². The number of hydrogen-bond acceptors (Lipinski definition) is 4. The van der Waals surface area contributed by atoms with Gasteiger partial charge < -0.3 is 14.4 Å². The third kappa shape index (κ3) is 4.54. The van der Waals surface area contributed by atoms with Crippen LogP contribution in [0.1, 0.15) is 47.1 Å². The number of carbonyl (C=O) groups excluding carboxylic acids is 1. The van der Waals surface area contributed by atoms with Crippen LogP contribution in [0.3, 0.4) is 0 Å². The fourth-order valence-electron chi connectivity index (χ4n) is 4.56. The van der Waals surface area contributed by atoms with Gasteiger partial charge in [-0.25, -0.2) is 0 Å². The summed E-state index contributed by atoms with van der Waals surface area (Å²) in [7, 11) is 0. The molecule has 0 spiro atoms. The molecule has 0 radical (unpaired) electrons. The highest BCUT2D eigenvalue weighted by molar-refractivity contribution is 6.30. The van der Waals surface area contributed by atoms with E-state index in [4.69, 9.17) is 32.7 Å². The summed E-state index contributed by atoms with van der Waals surface area (Å²) in [6.07, 6.45) is 0. The topological polar surface area (TPSA) is 67.5 Å². The van der Waals surface area contributed by atoms with Gasteiger partial charge in [-0.15, -0.1) is 0 Å². The average Bonchev–Trinajstić information content (AvgIpc) is 3.42. The molecule has 2 heterocycles. The first kappa shape index (κ1) is 24.2. The van der Waals surface area contributed by atoms with Crippen molar-refractivity contribution in [3.63, 3.8) is 0 Å². The Morgan fingerprint density at radius 1 is 0.889 bits per heavy atom. The van der Waals surface area contributed by atoms with Gasteiger partial charge in [-0.3, -0.25) is 9.89 Å². The number of hydrogen-bond donors (Lipinski definition) is 1. The number of fused-ring (bicyclic) bond motifs is 1. The van der Waals surface area contributed by atoms with Gasteiger partial charge in [0.2, 0.25) is 0 Å². The summed E-state index contributed by atoms with van der Waals surface area (Å²) in [5.41, 5.74) is 4.76. The van der Waals surface area contributed by atoms with E-state index in [-0.39, 0.29) is 11.9 Å². The van der Waals surface area contributed by atoms with Gasteiger partial charge in [0.05, 0.1) is 24.9 Å². The fraction of sp³-hybridized carbons (Fsp3) is 0.214. The Balaban J connectivity index is 1.64. The first-order valence-electron chi connectivity index (χ1n) is 11.8. The summed E-state index contributed by atoms with van der Waals surface area (Å²) in [5.74, 6) is 1.19. The highest BCUT2D eigenvalue weighted by Gasteiger charge is 2.42. The van der Waals surface area contributed by atoms with Gasteiger partial charge in [0.1, 0.15) is 5.69 Å². The van der Waals surface area contributed by atoms with Crippen molar-refractivity contribution in [1.82, 2.24) is 15.1 Å². The Morgan fingerprint density at radius 2 is 1.53 bits per heavy atom. The maximum absolute atomic E-state index is 13.7. The molecule has 1 atom stereocenters. The van der Waals surface area contributed by atoms with Crippen LogP contribution >= 0.6 is 23.2 Å². The van der Waals surface area contributed by atoms with Crippen LogP contribution in [0.25, 0.3) is 11.3 Å². The van der Waals surface area contributed by atoms with Crippen LogP contribution in [0, 0.1) is 0 Å². The molecule has 3 aromatic carbocycles. The van der Waals surface area contributed by atoms with E-state index in [1.54, 1.807) is 0 Å². The van der Waals surface area contributed by atoms with E-state index in [0.717, 1.165) is 22.3 Å². The summed E-state index contributed by atoms with van der Waals surface area (Å²) in [6, 6.07) is 20.4. The van der Waals surface area contributed by atoms with Crippen LogP contribution in [0.5, 0.6) is 11.5 Å². The van der Waals surface area contributed by atoms with Gasteiger partial charge in [0.25, 0.3) is 5.91 Å². The maximum Gasteiger partial charge on any atom is 0.273 e. The number of nitrogens with one attached hydrogen (secondary N) is 1. The molecule has 5 rings (SSSR count). The predicted molar refractivity (Wildman–Crippen MR) is 141 cm³/mol. The molecule has 0 aliphatic carbocycles. The van der Waals surface area contributed by atoms with Crippen molar-refractivity contribution in [2.75, 3.05) is 13.2 Å². The second-order valence-electron chi connectivity index (χ2n) is 8.40. The molecule has 184 valence electrons. The number of nitrogens with zero attached hydrogens (tertiary/aromatic N) is 2. The molecule has 0 saturated carbocycles. The van der Waals surface area contributed by atoms with Crippen LogP contribution in [0.15, 0.2) is 66.7 Å². The summed E-state index contributed by atoms with van der Waals surface area (Å²) in [5, 5.41) is 8.81. The molecule has 1 aliphatic rings. The van der Waals surface area contributed by atoms with E-state index in [2.05, 4.69) is 10.2 Å². The molecule has 0 fully saturated rings. The smallest absolute Gasteiger partial charge is 0.273 e. The van der Waals surface area contributed by atoms with Gasteiger partial charge >= 0.3 is 0 Å². The van der Waals surface area contributed by atoms with Crippen molar-refractivity contribution in [3.8, 4) is 22.8 Å². The molecule has 8 heteroatoms. The minimum Gasteiger partial charge on any atom is -0.490 e. The Bertz CT molecular complexity index is 1380. The van der Waals surface area contributed by atoms with E-state index < -0.39 is 0 Å². The zero-order valence-electron chi connectivity index (χ0n) is 19.9. The third-order valence-electron chi connectivity index (χ3n) is 6.13. The number of benzene rings is 3. The molecule has 1 unspecified atom stereocenters. The summed E-state index contributed by atoms with van der Waals surface area (Å²) < 4.78 is 11.7. The van der Waals surface area contributed by atoms with Gasteiger partial charge in [-0.05, 0) is 61.4 Å². The Labute approximate surface area is 219 Å². The van der Waals surface area contributed by atoms with E-state index >= 15 is 0 Å². The number of H-pyrrole nitrogens is 1. The van der Waals surface area contributed by atoms with Gasteiger partial charge in [0, 0.05) is 27.7 Å². The second kappa shape index (κ2) is 10.2. The molecule has 1 aromatic heterocycles. The number of aromatic amines is 1. The first-order valence-corrected chi connectivity index (χ1v) is 12.5. The van der Waals surface area contributed by atoms with E-state index in [0.29, 0.717) is 52.7 Å². The minimum atomic E-state index is -0.387. The number of aromatic nitrogens is 2. The van der Waals surface area contributed by atoms with E-state index in [1.807, 2.05) is 85.5 Å². The average molecular weight is 522 g/mol. The van der Waals surface area contributed by atoms with Crippen molar-refractivity contribution in [2.24, 2.45) is 0 Å². The Hall–Kier alpha value is -3.48. The summed E-state index contributed by atoms with van der Waals surface area (Å²) in [4.78, 5) is 15.5. The molecular formula is C28H25Cl2N3O3. The molecule has 1 N–H and O–H groups in total. The van der Waals surface area contributed by atoms with E-state index in [9.17, 15) is 4.79 Å². The van der Waals surface area contributed by atoms with Crippen LogP contribution in [0.4, 0.5) is 0 Å². The van der Waals surface area contributed by atoms with Gasteiger partial charge in [-0.1, -0.05) is 53.5 Å². The quantitative estimate of drug-likeness (QED) is 0.273. The van der Waals surface area contributed by atoms with Crippen LogP contribution in [-0.4, -0.2) is 34.2 Å². The van der Waals surface area contributed by atoms with Gasteiger partial charge in [-0.2, -0.15) is 5.10 Å². The lowest BCUT2D eigenvalue weighted by atomic mass is 9.95. The highest BCUT2D eigenvalue weighted by Crippen LogP contribution is 2.45. The number of halogens is 2. The Kier molecular flexibility index (Phi) is 6.90. The Morgan fingerprint density at radius 3 is 2.19 bits per heavy atom. The standard InChI is InChI=1S/C28H25Cl2N3O3/c1-3-35-22-14-9-19(15-23(22)36-4-2)27-24-25(18-7-12-21(30)13-8-18)31-32-26(24)28(34)33(27)16-17-5-10-20(29)11-6-17/h5-15,27H,3-4,16H2,1-2H3,(H,31,32). The van der Waals surface area contributed by atoms with Gasteiger partial charge in [0.15, 0.2) is 11.5 Å². The largest absolute Gasteiger partial charge is 0.490 e. The molecule has 1 aliphatic heterocycles. The normalized spacial score (nSPS) is 14.7. The zero-order chi connectivity index (χ0) is 25.2. The molecule has 36 heavy (non-hydrogen) atoms. The lowest BCUT2D eigenvalue weighted by Gasteiger charge is -2.27. The fourth-order valence-corrected chi connectivity index (χ4v) is 4.81. The van der Waals surface area contributed by atoms with Crippen LogP contribution in [-0.2, 0) is 6.54 Å². The SMILES string of the molecule is CCOc1ccc(C2c3c(-c4ccc(Cl)cc4)n[nH]c3C(=O)N2Cc2ccc(Cl)cc2)cc1OCC. The first-order chi connectivity index (χ1) is 17.5. The molecule has 0 bridgehead atoms. The van der Waals surface area contributed by atoms with Crippen molar-refractivity contribution in [2.45, 2.75) is 26.4 Å². The lowest BCUT2D eigenvalue weighted by molar-refractivity contribution is 0.0730. The van der Waals surface area contributed by atoms with Crippen molar-refractivity contribution >= 4 is 29.1 Å². The molecular weight excluding hydrogens is 497 g/mol. The van der Waals surface area contributed by atoms with Crippen molar-refractivity contribution in [3.05, 3.63) is 99.2 Å². The molecule has 0 saturated heterocycles. The number of rotatable bonds is 8. The summed E-state index contributed by atoms with van der Waals surface area (Å²) >= 11 is 12.2. The van der Waals surface area contributed by atoms with E-state index in [1.165, 1.54) is 0 Å². The van der Waals surface area contributed by atoms with Crippen LogP contribution < -0.4 is 9.47 Å². The zero-order valence-corrected chi connectivity index (χ0v) is 21.4. The second-order valence-corrected chi connectivity index (χ2v) is 9.27. The monoisotopic (exact) mass is 521 g/mol. The molecule has 6 nitrogen and oxygen atoms in total. The lowest BCUT2D eigenvalue weighted by Crippen LogP contribution is -2.29. The molecule has 1 amide bonds. The number of ether oxygens (including phenoxy) is 2. The van der Waals surface area contributed by atoms with Crippen molar-refractivity contribution in [1.29, 1.82) is 0 Å². The third-order valence-corrected chi connectivity index (χ3v) is 6.63. The maximum atomic E-state index is 13.7. The molecule has 4 aromatic rings. The van der Waals surface area contributed by atoms with Crippen LogP contribution in [0.2, 0.25) is 10.0 Å². The number of amides is 1.